The fourth-order valence-corrected chi connectivity index (χ4v) is 3.09. The van der Waals surface area contributed by atoms with Crippen LogP contribution in [0.25, 0.3) is 0 Å². The molecule has 2 heterocycles. The highest BCUT2D eigenvalue weighted by Crippen LogP contribution is 2.25. The summed E-state index contributed by atoms with van der Waals surface area (Å²) in [6.45, 7) is 7.11. The molecular formula is C19H25N5O2. The number of amides is 1. The van der Waals surface area contributed by atoms with E-state index in [0.29, 0.717) is 11.4 Å². The van der Waals surface area contributed by atoms with Crippen LogP contribution < -0.4 is 15.0 Å². The summed E-state index contributed by atoms with van der Waals surface area (Å²) in [4.78, 5) is 25.6. The third kappa shape index (κ3) is 4.11. The summed E-state index contributed by atoms with van der Waals surface area (Å²) in [7, 11) is 1.61. The van der Waals surface area contributed by atoms with Crippen molar-refractivity contribution >= 4 is 17.5 Å². The number of piperazine rings is 1. The second-order valence-corrected chi connectivity index (χ2v) is 6.44. The van der Waals surface area contributed by atoms with Crippen molar-refractivity contribution in [3.05, 3.63) is 42.2 Å². The molecule has 7 nitrogen and oxygen atoms in total. The maximum Gasteiger partial charge on any atom is 0.241 e. The molecule has 0 saturated carbocycles. The largest absolute Gasteiger partial charge is 0.495 e. The molecule has 1 aromatic carbocycles. The number of rotatable bonds is 5. The normalized spacial score (nSPS) is 16.2. The van der Waals surface area contributed by atoms with Gasteiger partial charge in [0.1, 0.15) is 5.75 Å². The van der Waals surface area contributed by atoms with Crippen LogP contribution in [0.2, 0.25) is 0 Å². The van der Waals surface area contributed by atoms with Gasteiger partial charge in [-0.25, -0.2) is 9.97 Å². The number of anilines is 2. The SMILES string of the molecule is COc1ccc(C)cc1NC(=O)[C@@H](C)N1CCN(c2ncccn2)CC1. The van der Waals surface area contributed by atoms with Crippen molar-refractivity contribution < 1.29 is 9.53 Å². The third-order valence-corrected chi connectivity index (χ3v) is 4.69. The summed E-state index contributed by atoms with van der Waals surface area (Å²) in [6, 6.07) is 7.34. The number of aromatic nitrogens is 2. The van der Waals surface area contributed by atoms with Gasteiger partial charge in [0, 0.05) is 38.6 Å². The number of aryl methyl sites for hydroxylation is 1. The highest BCUT2D eigenvalue weighted by Gasteiger charge is 2.26. The minimum Gasteiger partial charge on any atom is -0.495 e. The minimum absolute atomic E-state index is 0.0293. The molecule has 1 fully saturated rings. The van der Waals surface area contributed by atoms with Gasteiger partial charge < -0.3 is 15.0 Å². The average Bonchev–Trinajstić information content (AvgIpc) is 2.68. The van der Waals surface area contributed by atoms with E-state index in [-0.39, 0.29) is 11.9 Å². The van der Waals surface area contributed by atoms with Crippen molar-refractivity contribution in [3.63, 3.8) is 0 Å². The van der Waals surface area contributed by atoms with Crippen LogP contribution in [-0.4, -0.2) is 60.1 Å². The lowest BCUT2D eigenvalue weighted by Gasteiger charge is -2.37. The molecule has 1 amide bonds. The second-order valence-electron chi connectivity index (χ2n) is 6.44. The van der Waals surface area contributed by atoms with Crippen LogP contribution >= 0.6 is 0 Å². The zero-order valence-electron chi connectivity index (χ0n) is 15.5. The Kier molecular flexibility index (Phi) is 5.68. The monoisotopic (exact) mass is 355 g/mol. The number of carbonyl (C=O) groups is 1. The van der Waals surface area contributed by atoms with Gasteiger partial charge in [-0.3, -0.25) is 9.69 Å². The number of nitrogens with one attached hydrogen (secondary N) is 1. The van der Waals surface area contributed by atoms with Gasteiger partial charge in [-0.15, -0.1) is 0 Å². The molecule has 0 spiro atoms. The standard InChI is InChI=1S/C19H25N5O2/c1-14-5-6-17(26-3)16(13-14)22-18(25)15(2)23-9-11-24(12-10-23)19-20-7-4-8-21-19/h4-8,13,15H,9-12H2,1-3H3,(H,22,25)/t15-/m1/s1. The summed E-state index contributed by atoms with van der Waals surface area (Å²) >= 11 is 0. The van der Waals surface area contributed by atoms with E-state index in [9.17, 15) is 4.79 Å². The van der Waals surface area contributed by atoms with Crippen LogP contribution in [0.1, 0.15) is 12.5 Å². The Morgan fingerprint density at radius 2 is 1.88 bits per heavy atom. The molecule has 3 rings (SSSR count). The Morgan fingerprint density at radius 1 is 1.19 bits per heavy atom. The van der Waals surface area contributed by atoms with Gasteiger partial charge >= 0.3 is 0 Å². The number of hydrogen-bond acceptors (Lipinski definition) is 6. The van der Waals surface area contributed by atoms with Crippen LogP contribution in [0, 0.1) is 6.92 Å². The van der Waals surface area contributed by atoms with Gasteiger partial charge in [0.2, 0.25) is 11.9 Å². The lowest BCUT2D eigenvalue weighted by Crippen LogP contribution is -2.53. The molecule has 0 radical (unpaired) electrons. The first-order valence-corrected chi connectivity index (χ1v) is 8.80. The molecule has 2 aromatic rings. The third-order valence-electron chi connectivity index (χ3n) is 4.69. The Hall–Kier alpha value is -2.67. The molecule has 0 aliphatic carbocycles. The van der Waals surface area contributed by atoms with E-state index in [1.165, 1.54) is 0 Å². The van der Waals surface area contributed by atoms with E-state index in [2.05, 4.69) is 25.1 Å². The fraction of sp³-hybridized carbons (Fsp3) is 0.421. The van der Waals surface area contributed by atoms with Crippen LogP contribution in [0.3, 0.4) is 0 Å². The van der Waals surface area contributed by atoms with E-state index >= 15 is 0 Å². The maximum absolute atomic E-state index is 12.7. The summed E-state index contributed by atoms with van der Waals surface area (Å²) in [5.41, 5.74) is 1.78. The molecule has 7 heteroatoms. The average molecular weight is 355 g/mol. The van der Waals surface area contributed by atoms with Crippen molar-refractivity contribution in [2.45, 2.75) is 19.9 Å². The van der Waals surface area contributed by atoms with E-state index in [4.69, 9.17) is 4.74 Å². The van der Waals surface area contributed by atoms with Gasteiger partial charge in [-0.1, -0.05) is 6.07 Å². The van der Waals surface area contributed by atoms with Crippen molar-refractivity contribution in [1.29, 1.82) is 0 Å². The predicted molar refractivity (Wildman–Crippen MR) is 102 cm³/mol. The Morgan fingerprint density at radius 3 is 2.54 bits per heavy atom. The summed E-state index contributed by atoms with van der Waals surface area (Å²) in [6.07, 6.45) is 3.50. The number of nitrogens with zero attached hydrogens (tertiary/aromatic N) is 4. The van der Waals surface area contributed by atoms with Gasteiger partial charge in [-0.05, 0) is 37.6 Å². The first-order chi connectivity index (χ1) is 12.6. The molecule has 138 valence electrons. The number of hydrogen-bond donors (Lipinski definition) is 1. The summed E-state index contributed by atoms with van der Waals surface area (Å²) in [5, 5.41) is 3.00. The first-order valence-electron chi connectivity index (χ1n) is 8.80. The molecule has 1 aromatic heterocycles. The van der Waals surface area contributed by atoms with Gasteiger partial charge in [0.15, 0.2) is 0 Å². The summed E-state index contributed by atoms with van der Waals surface area (Å²) < 4.78 is 5.34. The van der Waals surface area contributed by atoms with Gasteiger partial charge in [-0.2, -0.15) is 0 Å². The zero-order chi connectivity index (χ0) is 18.5. The van der Waals surface area contributed by atoms with Crippen LogP contribution in [0.15, 0.2) is 36.7 Å². The molecular weight excluding hydrogens is 330 g/mol. The Balaban J connectivity index is 1.59. The molecule has 1 N–H and O–H groups in total. The van der Waals surface area contributed by atoms with Crippen molar-refractivity contribution in [2.75, 3.05) is 43.5 Å². The van der Waals surface area contributed by atoms with Crippen LogP contribution in [-0.2, 0) is 4.79 Å². The van der Waals surface area contributed by atoms with Crippen molar-refractivity contribution in [3.8, 4) is 5.75 Å². The molecule has 1 aliphatic heterocycles. The summed E-state index contributed by atoms with van der Waals surface area (Å²) in [5.74, 6) is 1.38. The highest BCUT2D eigenvalue weighted by atomic mass is 16.5. The first kappa shape index (κ1) is 18.1. The number of benzene rings is 1. The number of carbonyl (C=O) groups excluding carboxylic acids is 1. The smallest absolute Gasteiger partial charge is 0.241 e. The van der Waals surface area contributed by atoms with Gasteiger partial charge in [0.05, 0.1) is 18.8 Å². The number of ether oxygens (including phenoxy) is 1. The zero-order valence-corrected chi connectivity index (χ0v) is 15.5. The maximum atomic E-state index is 12.7. The highest BCUT2D eigenvalue weighted by molar-refractivity contribution is 5.96. The van der Waals surface area contributed by atoms with Crippen LogP contribution in [0.4, 0.5) is 11.6 Å². The molecule has 26 heavy (non-hydrogen) atoms. The quantitative estimate of drug-likeness (QED) is 0.884. The van der Waals surface area contributed by atoms with E-state index < -0.39 is 0 Å². The topological polar surface area (TPSA) is 70.6 Å². The lowest BCUT2D eigenvalue weighted by atomic mass is 10.1. The Labute approximate surface area is 154 Å². The lowest BCUT2D eigenvalue weighted by molar-refractivity contribution is -0.120. The van der Waals surface area contributed by atoms with E-state index in [0.717, 1.165) is 37.7 Å². The Bertz CT molecular complexity index is 745. The van der Waals surface area contributed by atoms with Crippen molar-refractivity contribution in [2.24, 2.45) is 0 Å². The molecule has 0 unspecified atom stereocenters. The van der Waals surface area contributed by atoms with E-state index in [1.54, 1.807) is 19.5 Å². The fourth-order valence-electron chi connectivity index (χ4n) is 3.09. The van der Waals surface area contributed by atoms with E-state index in [1.807, 2.05) is 38.1 Å². The minimum atomic E-state index is -0.223. The van der Waals surface area contributed by atoms with Gasteiger partial charge in [0.25, 0.3) is 0 Å². The second kappa shape index (κ2) is 8.14. The molecule has 1 atom stereocenters. The van der Waals surface area contributed by atoms with Crippen molar-refractivity contribution in [1.82, 2.24) is 14.9 Å². The van der Waals surface area contributed by atoms with Crippen LogP contribution in [0.5, 0.6) is 5.75 Å². The predicted octanol–water partition coefficient (Wildman–Crippen LogP) is 1.94. The molecule has 1 aliphatic rings. The number of methoxy groups -OCH3 is 1. The molecule has 1 saturated heterocycles. The molecule has 0 bridgehead atoms.